The van der Waals surface area contributed by atoms with Crippen LogP contribution in [-0.4, -0.2) is 35.3 Å². The molecule has 3 N–H and O–H groups in total. The van der Waals surface area contributed by atoms with Gasteiger partial charge >= 0.3 is 6.03 Å². The average Bonchev–Trinajstić information content (AvgIpc) is 2.34. The Morgan fingerprint density at radius 1 is 1.30 bits per heavy atom. The van der Waals surface area contributed by atoms with Crippen LogP contribution in [0.4, 0.5) is 23.7 Å². The molecule has 0 aliphatic rings. The Hall–Kier alpha value is -1.41. The summed E-state index contributed by atoms with van der Waals surface area (Å²) in [5.41, 5.74) is -1.60. The summed E-state index contributed by atoms with van der Waals surface area (Å²) < 4.78 is 38.9. The monoisotopic (exact) mass is 308 g/mol. The molecule has 0 bridgehead atoms. The summed E-state index contributed by atoms with van der Waals surface area (Å²) in [5.74, 6) is -3.30. The van der Waals surface area contributed by atoms with Crippen LogP contribution in [-0.2, 0) is 0 Å². The van der Waals surface area contributed by atoms with Gasteiger partial charge in [-0.05, 0) is 13.2 Å². The van der Waals surface area contributed by atoms with Gasteiger partial charge in [0.05, 0.1) is 11.3 Å². The lowest BCUT2D eigenvalue weighted by molar-refractivity contribution is 0.0876. The molecule has 0 aliphatic carbocycles. The van der Waals surface area contributed by atoms with Gasteiger partial charge in [-0.3, -0.25) is 0 Å². The van der Waals surface area contributed by atoms with E-state index in [1.807, 2.05) is 5.32 Å². The van der Waals surface area contributed by atoms with Crippen LogP contribution in [0.25, 0.3) is 0 Å². The highest BCUT2D eigenvalue weighted by Crippen LogP contribution is 2.18. The van der Waals surface area contributed by atoms with Crippen LogP contribution in [0.1, 0.15) is 6.92 Å². The lowest BCUT2D eigenvalue weighted by Crippen LogP contribution is -2.44. The molecule has 1 unspecified atom stereocenters. The number of thioether (sulfide) groups is 1. The minimum atomic E-state index is -1.34. The van der Waals surface area contributed by atoms with Crippen molar-refractivity contribution in [3.05, 3.63) is 29.6 Å². The molecule has 1 aromatic rings. The van der Waals surface area contributed by atoms with Crippen molar-refractivity contribution in [2.24, 2.45) is 0 Å². The zero-order chi connectivity index (χ0) is 15.3. The molecule has 1 aromatic carbocycles. The van der Waals surface area contributed by atoms with E-state index in [2.05, 4.69) is 5.32 Å². The van der Waals surface area contributed by atoms with E-state index in [0.717, 1.165) is 0 Å². The van der Waals surface area contributed by atoms with Crippen LogP contribution in [0.5, 0.6) is 0 Å². The van der Waals surface area contributed by atoms with Crippen LogP contribution < -0.4 is 10.6 Å². The number of carbonyl (C=O) groups excluding carboxylic acids is 1. The quantitative estimate of drug-likeness (QED) is 0.732. The van der Waals surface area contributed by atoms with E-state index in [4.69, 9.17) is 0 Å². The van der Waals surface area contributed by atoms with Gasteiger partial charge in [0.1, 0.15) is 5.82 Å². The number of rotatable bonds is 5. The van der Waals surface area contributed by atoms with Crippen LogP contribution in [0, 0.1) is 17.5 Å². The first kappa shape index (κ1) is 16.6. The average molecular weight is 308 g/mol. The van der Waals surface area contributed by atoms with Gasteiger partial charge in [-0.2, -0.15) is 11.8 Å². The van der Waals surface area contributed by atoms with E-state index in [1.165, 1.54) is 18.7 Å². The molecule has 1 rings (SSSR count). The van der Waals surface area contributed by atoms with Crippen molar-refractivity contribution in [3.8, 4) is 0 Å². The molecule has 1 atom stereocenters. The maximum absolute atomic E-state index is 13.3. The SMILES string of the molecule is CSCC(C)(O)CNC(=O)Nc1cc(F)c(F)cc1F. The van der Waals surface area contributed by atoms with Crippen molar-refractivity contribution in [1.29, 1.82) is 0 Å². The summed E-state index contributed by atoms with van der Waals surface area (Å²) in [6.45, 7) is 1.47. The Labute approximate surface area is 118 Å². The molecule has 0 heterocycles. The van der Waals surface area contributed by atoms with Crippen LogP contribution in [0.3, 0.4) is 0 Å². The second-order valence-corrected chi connectivity index (χ2v) is 5.35. The number of benzene rings is 1. The second-order valence-electron chi connectivity index (χ2n) is 4.48. The van der Waals surface area contributed by atoms with Crippen molar-refractivity contribution in [2.75, 3.05) is 23.9 Å². The summed E-state index contributed by atoms with van der Waals surface area (Å²) >= 11 is 1.40. The van der Waals surface area contributed by atoms with Crippen molar-refractivity contribution < 1.29 is 23.1 Å². The van der Waals surface area contributed by atoms with Gasteiger partial charge in [0.2, 0.25) is 0 Å². The Bertz CT molecular complexity index is 498. The molecule has 0 saturated heterocycles. The summed E-state index contributed by atoms with van der Waals surface area (Å²) in [6, 6.07) is 0.0651. The Morgan fingerprint density at radius 2 is 1.90 bits per heavy atom. The third-order valence-electron chi connectivity index (χ3n) is 2.34. The van der Waals surface area contributed by atoms with Gasteiger partial charge in [-0.1, -0.05) is 0 Å². The minimum absolute atomic E-state index is 0.0645. The number of halogens is 3. The first-order valence-electron chi connectivity index (χ1n) is 5.66. The molecule has 4 nitrogen and oxygen atoms in total. The molecule has 0 saturated carbocycles. The highest BCUT2D eigenvalue weighted by Gasteiger charge is 2.21. The molecular formula is C12H15F3N2O2S. The maximum atomic E-state index is 13.3. The minimum Gasteiger partial charge on any atom is -0.387 e. The van der Waals surface area contributed by atoms with E-state index < -0.39 is 34.8 Å². The number of carbonyl (C=O) groups is 1. The molecule has 0 fully saturated rings. The molecule has 0 spiro atoms. The summed E-state index contributed by atoms with van der Waals surface area (Å²) in [6.07, 6.45) is 1.80. The fourth-order valence-corrected chi connectivity index (χ4v) is 2.14. The third kappa shape index (κ3) is 4.93. The van der Waals surface area contributed by atoms with Crippen molar-refractivity contribution in [3.63, 3.8) is 0 Å². The largest absolute Gasteiger partial charge is 0.387 e. The van der Waals surface area contributed by atoms with Gasteiger partial charge in [0.15, 0.2) is 11.6 Å². The molecule has 0 aromatic heterocycles. The topological polar surface area (TPSA) is 61.4 Å². The van der Waals surface area contributed by atoms with Gasteiger partial charge in [-0.15, -0.1) is 0 Å². The van der Waals surface area contributed by atoms with Crippen LogP contribution >= 0.6 is 11.8 Å². The smallest absolute Gasteiger partial charge is 0.319 e. The number of amides is 2. The maximum Gasteiger partial charge on any atom is 0.319 e. The molecule has 2 amide bonds. The number of urea groups is 1. The summed E-state index contributed by atoms with van der Waals surface area (Å²) in [5, 5.41) is 14.2. The zero-order valence-corrected chi connectivity index (χ0v) is 11.8. The Morgan fingerprint density at radius 3 is 2.50 bits per heavy atom. The molecule has 112 valence electrons. The first-order valence-corrected chi connectivity index (χ1v) is 7.05. The highest BCUT2D eigenvalue weighted by atomic mass is 32.2. The molecule has 20 heavy (non-hydrogen) atoms. The fraction of sp³-hybridized carbons (Fsp3) is 0.417. The normalized spacial score (nSPS) is 13.7. The zero-order valence-electron chi connectivity index (χ0n) is 11.0. The molecule has 0 aliphatic heterocycles. The summed E-state index contributed by atoms with van der Waals surface area (Å²) in [4.78, 5) is 11.5. The molecule has 8 heteroatoms. The van der Waals surface area contributed by atoms with E-state index >= 15 is 0 Å². The number of anilines is 1. The Balaban J connectivity index is 2.61. The van der Waals surface area contributed by atoms with Crippen molar-refractivity contribution >= 4 is 23.5 Å². The molecule has 0 radical (unpaired) electrons. The predicted molar refractivity (Wildman–Crippen MR) is 72.3 cm³/mol. The predicted octanol–water partition coefficient (Wildman–Crippen LogP) is 2.34. The van der Waals surface area contributed by atoms with Gasteiger partial charge in [0, 0.05) is 24.4 Å². The second kappa shape index (κ2) is 6.85. The lowest BCUT2D eigenvalue weighted by Gasteiger charge is -2.22. The van der Waals surface area contributed by atoms with Crippen molar-refractivity contribution in [2.45, 2.75) is 12.5 Å². The van der Waals surface area contributed by atoms with Gasteiger partial charge in [0.25, 0.3) is 0 Å². The van der Waals surface area contributed by atoms with E-state index in [1.54, 1.807) is 6.26 Å². The van der Waals surface area contributed by atoms with E-state index in [-0.39, 0.29) is 6.54 Å². The number of hydrogen-bond donors (Lipinski definition) is 3. The lowest BCUT2D eigenvalue weighted by atomic mass is 10.1. The summed E-state index contributed by atoms with van der Waals surface area (Å²) in [7, 11) is 0. The standard InChI is InChI=1S/C12H15F3N2O2S/c1-12(19,6-20-2)5-16-11(18)17-10-4-8(14)7(13)3-9(10)15/h3-4,19H,5-6H2,1-2H3,(H2,16,17,18). The van der Waals surface area contributed by atoms with Crippen molar-refractivity contribution in [1.82, 2.24) is 5.32 Å². The number of hydrogen-bond acceptors (Lipinski definition) is 3. The van der Waals surface area contributed by atoms with Gasteiger partial charge < -0.3 is 15.7 Å². The third-order valence-corrected chi connectivity index (χ3v) is 3.25. The van der Waals surface area contributed by atoms with Gasteiger partial charge in [-0.25, -0.2) is 18.0 Å². The van der Waals surface area contributed by atoms with E-state index in [0.29, 0.717) is 17.9 Å². The Kier molecular flexibility index (Phi) is 5.70. The van der Waals surface area contributed by atoms with Crippen LogP contribution in [0.2, 0.25) is 0 Å². The van der Waals surface area contributed by atoms with Crippen LogP contribution in [0.15, 0.2) is 12.1 Å². The number of aliphatic hydroxyl groups is 1. The fourth-order valence-electron chi connectivity index (χ4n) is 1.42. The number of nitrogens with one attached hydrogen (secondary N) is 2. The van der Waals surface area contributed by atoms with E-state index in [9.17, 15) is 23.1 Å². The highest BCUT2D eigenvalue weighted by molar-refractivity contribution is 7.98. The first-order chi connectivity index (χ1) is 9.25. The molecular weight excluding hydrogens is 293 g/mol.